The third kappa shape index (κ3) is 2.33. The minimum Gasteiger partial charge on any atom is -0.391 e. The number of rotatable bonds is 3. The van der Waals surface area contributed by atoms with Crippen LogP contribution in [-0.2, 0) is 0 Å². The summed E-state index contributed by atoms with van der Waals surface area (Å²) in [5.74, 6) is 0.0795. The smallest absolute Gasteiger partial charge is 0.140 e. The van der Waals surface area contributed by atoms with Gasteiger partial charge in [-0.1, -0.05) is 6.07 Å². The molecule has 0 radical (unpaired) electrons. The highest BCUT2D eigenvalue weighted by molar-refractivity contribution is 5.89. The number of benzene rings is 1. The van der Waals surface area contributed by atoms with Gasteiger partial charge in [0.25, 0.3) is 0 Å². The van der Waals surface area contributed by atoms with Crippen molar-refractivity contribution in [3.05, 3.63) is 48.3 Å². The van der Waals surface area contributed by atoms with Gasteiger partial charge in [0.2, 0.25) is 0 Å². The molecule has 1 aliphatic carbocycles. The summed E-state index contributed by atoms with van der Waals surface area (Å²) in [7, 11) is 0. The molecule has 1 aliphatic rings. The van der Waals surface area contributed by atoms with E-state index >= 15 is 0 Å². The van der Waals surface area contributed by atoms with Crippen LogP contribution in [0.25, 0.3) is 10.9 Å². The highest BCUT2D eigenvalue weighted by Crippen LogP contribution is 2.36. The van der Waals surface area contributed by atoms with Crippen LogP contribution in [0.5, 0.6) is 0 Å². The number of anilines is 1. The first-order valence-corrected chi connectivity index (χ1v) is 7.48. The molecule has 7 heteroatoms. The predicted molar refractivity (Wildman–Crippen MR) is 83.5 cm³/mol. The lowest BCUT2D eigenvalue weighted by molar-refractivity contribution is 0.0133. The third-order valence-electron chi connectivity index (χ3n) is 4.27. The molecule has 3 atom stereocenters. The number of fused-ring (bicyclic) bond motifs is 1. The molecule has 4 rings (SSSR count). The maximum absolute atomic E-state index is 14.1. The van der Waals surface area contributed by atoms with Crippen molar-refractivity contribution in [1.82, 2.24) is 19.7 Å². The van der Waals surface area contributed by atoms with Crippen molar-refractivity contribution in [3.63, 3.8) is 0 Å². The fraction of sp³-hybridized carbons (Fsp3) is 0.312. The van der Waals surface area contributed by atoms with Crippen LogP contribution in [0.15, 0.2) is 36.9 Å². The van der Waals surface area contributed by atoms with Crippen LogP contribution >= 0.6 is 0 Å². The second-order valence-corrected chi connectivity index (χ2v) is 5.90. The van der Waals surface area contributed by atoms with E-state index < -0.39 is 6.10 Å². The first kappa shape index (κ1) is 14.1. The van der Waals surface area contributed by atoms with Crippen LogP contribution in [0.3, 0.4) is 0 Å². The van der Waals surface area contributed by atoms with Crippen molar-refractivity contribution in [3.8, 4) is 0 Å². The van der Waals surface area contributed by atoms with Crippen molar-refractivity contribution in [2.75, 3.05) is 5.32 Å². The normalized spacial score (nSPS) is 23.7. The summed E-state index contributed by atoms with van der Waals surface area (Å²) in [6, 6.07) is 4.50. The van der Waals surface area contributed by atoms with E-state index in [4.69, 9.17) is 0 Å². The first-order valence-electron chi connectivity index (χ1n) is 7.48. The number of aliphatic hydroxyl groups excluding tert-OH is 1. The number of aliphatic hydroxyl groups is 1. The molecule has 1 aromatic carbocycles. The van der Waals surface area contributed by atoms with Gasteiger partial charge in [-0.3, -0.25) is 4.68 Å². The molecule has 2 aromatic heterocycles. The lowest BCUT2D eigenvalue weighted by Crippen LogP contribution is -2.51. The van der Waals surface area contributed by atoms with Crippen LogP contribution in [0.1, 0.15) is 18.0 Å². The molecule has 23 heavy (non-hydrogen) atoms. The zero-order valence-electron chi connectivity index (χ0n) is 12.5. The van der Waals surface area contributed by atoms with E-state index in [2.05, 4.69) is 20.4 Å². The zero-order chi connectivity index (χ0) is 16.0. The monoisotopic (exact) mass is 313 g/mol. The van der Waals surface area contributed by atoms with Gasteiger partial charge in [0.1, 0.15) is 18.0 Å². The standard InChI is InChI=1S/C16H16FN5O/c1-9-6-20-22(7-9)15-12(5-13(15)23)21-16-14-10(17)3-2-4-11(14)18-8-19-16/h2-4,6-8,12-13,15,23H,5H2,1H3,(H,18,19,21)/t12-,13+,15+/m0/s1. The fourth-order valence-corrected chi connectivity index (χ4v) is 3.07. The van der Waals surface area contributed by atoms with Gasteiger partial charge in [-0.2, -0.15) is 5.10 Å². The lowest BCUT2D eigenvalue weighted by Gasteiger charge is -2.42. The highest BCUT2D eigenvalue weighted by atomic mass is 19.1. The average Bonchev–Trinajstić information content (AvgIpc) is 2.92. The number of aromatic nitrogens is 4. The zero-order valence-corrected chi connectivity index (χ0v) is 12.5. The van der Waals surface area contributed by atoms with Gasteiger partial charge in [-0.25, -0.2) is 14.4 Å². The Morgan fingerprint density at radius 3 is 2.96 bits per heavy atom. The summed E-state index contributed by atoms with van der Waals surface area (Å²) in [6.45, 7) is 1.95. The minimum atomic E-state index is -0.482. The molecular formula is C16H16FN5O. The molecule has 0 aliphatic heterocycles. The number of nitrogens with zero attached hydrogens (tertiary/aromatic N) is 4. The Morgan fingerprint density at radius 2 is 2.22 bits per heavy atom. The minimum absolute atomic E-state index is 0.0676. The Morgan fingerprint density at radius 1 is 1.35 bits per heavy atom. The van der Waals surface area contributed by atoms with Crippen LogP contribution in [0.4, 0.5) is 10.2 Å². The van der Waals surface area contributed by atoms with Crippen molar-refractivity contribution < 1.29 is 9.50 Å². The molecule has 0 spiro atoms. The van der Waals surface area contributed by atoms with Gasteiger partial charge < -0.3 is 10.4 Å². The molecule has 1 saturated carbocycles. The molecule has 2 heterocycles. The van der Waals surface area contributed by atoms with Gasteiger partial charge in [0.05, 0.1) is 35.3 Å². The van der Waals surface area contributed by atoms with E-state index in [0.717, 1.165) is 5.56 Å². The number of hydrogen-bond acceptors (Lipinski definition) is 5. The van der Waals surface area contributed by atoms with E-state index in [0.29, 0.717) is 23.1 Å². The van der Waals surface area contributed by atoms with E-state index in [9.17, 15) is 9.50 Å². The Kier molecular flexibility index (Phi) is 3.23. The predicted octanol–water partition coefficient (Wildman–Crippen LogP) is 2.06. The summed E-state index contributed by atoms with van der Waals surface area (Å²) < 4.78 is 15.9. The first-order chi connectivity index (χ1) is 11.1. The van der Waals surface area contributed by atoms with Crippen LogP contribution < -0.4 is 5.32 Å². The van der Waals surface area contributed by atoms with Crippen molar-refractivity contribution in [2.24, 2.45) is 0 Å². The van der Waals surface area contributed by atoms with Crippen LogP contribution in [0, 0.1) is 12.7 Å². The summed E-state index contributed by atoms with van der Waals surface area (Å²) in [5.41, 5.74) is 1.58. The Hall–Kier alpha value is -2.54. The second-order valence-electron chi connectivity index (χ2n) is 5.90. The third-order valence-corrected chi connectivity index (χ3v) is 4.27. The van der Waals surface area contributed by atoms with Gasteiger partial charge in [0, 0.05) is 6.20 Å². The molecule has 0 amide bonds. The molecule has 0 unspecified atom stereocenters. The maximum Gasteiger partial charge on any atom is 0.140 e. The Balaban J connectivity index is 1.66. The molecule has 0 bridgehead atoms. The fourth-order valence-electron chi connectivity index (χ4n) is 3.07. The Bertz CT molecular complexity index is 859. The molecule has 6 nitrogen and oxygen atoms in total. The molecule has 118 valence electrons. The number of hydrogen-bond donors (Lipinski definition) is 2. The molecule has 2 N–H and O–H groups in total. The summed E-state index contributed by atoms with van der Waals surface area (Å²) in [5, 5.41) is 18.0. The van der Waals surface area contributed by atoms with Crippen LogP contribution in [0.2, 0.25) is 0 Å². The van der Waals surface area contributed by atoms with E-state index in [1.807, 2.05) is 13.1 Å². The van der Waals surface area contributed by atoms with Crippen molar-refractivity contribution >= 4 is 16.7 Å². The lowest BCUT2D eigenvalue weighted by atomic mass is 9.83. The molecule has 3 aromatic rings. The average molecular weight is 313 g/mol. The maximum atomic E-state index is 14.1. The van der Waals surface area contributed by atoms with Gasteiger partial charge >= 0.3 is 0 Å². The van der Waals surface area contributed by atoms with Crippen LogP contribution in [-0.4, -0.2) is 37.0 Å². The number of aryl methyl sites for hydroxylation is 1. The molecule has 0 saturated heterocycles. The van der Waals surface area contributed by atoms with Gasteiger partial charge in [-0.15, -0.1) is 0 Å². The Labute approximate surface area is 132 Å². The largest absolute Gasteiger partial charge is 0.391 e. The van der Waals surface area contributed by atoms with E-state index in [1.54, 1.807) is 23.0 Å². The number of nitrogens with one attached hydrogen (secondary N) is 1. The quantitative estimate of drug-likeness (QED) is 0.774. The van der Waals surface area contributed by atoms with E-state index in [-0.39, 0.29) is 17.9 Å². The summed E-state index contributed by atoms with van der Waals surface area (Å²) >= 11 is 0. The van der Waals surface area contributed by atoms with Crippen molar-refractivity contribution in [1.29, 1.82) is 0 Å². The SMILES string of the molecule is Cc1cnn([C@H]2[C@H](O)C[C@@H]2Nc2ncnc3cccc(F)c23)c1. The van der Waals surface area contributed by atoms with E-state index in [1.165, 1.54) is 12.4 Å². The number of halogens is 1. The molecular weight excluding hydrogens is 297 g/mol. The summed E-state index contributed by atoms with van der Waals surface area (Å²) in [6.07, 6.45) is 5.13. The highest BCUT2D eigenvalue weighted by Gasteiger charge is 2.42. The summed E-state index contributed by atoms with van der Waals surface area (Å²) in [4.78, 5) is 8.27. The van der Waals surface area contributed by atoms with Gasteiger partial charge in [-0.05, 0) is 31.0 Å². The van der Waals surface area contributed by atoms with Gasteiger partial charge in [0.15, 0.2) is 0 Å². The second kappa shape index (κ2) is 5.27. The topological polar surface area (TPSA) is 75.9 Å². The molecule has 1 fully saturated rings. The van der Waals surface area contributed by atoms with Crippen molar-refractivity contribution in [2.45, 2.75) is 31.5 Å².